The van der Waals surface area contributed by atoms with Gasteiger partial charge in [0.1, 0.15) is 13.2 Å². The van der Waals surface area contributed by atoms with Crippen molar-refractivity contribution in [2.24, 2.45) is 0 Å². The van der Waals surface area contributed by atoms with Crippen LogP contribution in [-0.2, 0) is 28.6 Å². The summed E-state index contributed by atoms with van der Waals surface area (Å²) >= 11 is 0. The molecule has 0 aliphatic heterocycles. The highest BCUT2D eigenvalue weighted by Gasteiger charge is 2.19. The van der Waals surface area contributed by atoms with Gasteiger partial charge in [-0.25, -0.2) is 0 Å². The Hall–Kier alpha value is -5.23. The molecule has 0 bridgehead atoms. The number of hydrogen-bond acceptors (Lipinski definition) is 6. The largest absolute Gasteiger partial charge is 0.462 e. The molecular weight excluding hydrogens is 817 g/mol. The molecule has 0 aromatic heterocycles. The van der Waals surface area contributed by atoms with E-state index in [9.17, 15) is 14.4 Å². The lowest BCUT2D eigenvalue weighted by Crippen LogP contribution is -2.30. The van der Waals surface area contributed by atoms with Gasteiger partial charge >= 0.3 is 17.9 Å². The maximum absolute atomic E-state index is 12.8. The summed E-state index contributed by atoms with van der Waals surface area (Å²) in [6.07, 6.45) is 77.6. The lowest BCUT2D eigenvalue weighted by atomic mass is 10.1. The third-order valence-corrected chi connectivity index (χ3v) is 9.70. The summed E-state index contributed by atoms with van der Waals surface area (Å²) < 4.78 is 16.7. The van der Waals surface area contributed by atoms with Gasteiger partial charge in [0.2, 0.25) is 0 Å². The van der Waals surface area contributed by atoms with Crippen molar-refractivity contribution in [3.05, 3.63) is 170 Å². The maximum atomic E-state index is 12.8. The molecule has 0 aliphatic rings. The van der Waals surface area contributed by atoms with E-state index in [0.29, 0.717) is 19.3 Å². The van der Waals surface area contributed by atoms with Crippen molar-refractivity contribution in [3.63, 3.8) is 0 Å². The van der Waals surface area contributed by atoms with Gasteiger partial charge in [0.15, 0.2) is 6.10 Å². The minimum Gasteiger partial charge on any atom is -0.462 e. The molecule has 6 nitrogen and oxygen atoms in total. The first-order valence-electron chi connectivity index (χ1n) is 25.3. The van der Waals surface area contributed by atoms with E-state index < -0.39 is 6.10 Å². The second-order valence-electron chi connectivity index (χ2n) is 15.8. The zero-order valence-electron chi connectivity index (χ0n) is 41.4. The van der Waals surface area contributed by atoms with Crippen molar-refractivity contribution in [1.82, 2.24) is 0 Å². The van der Waals surface area contributed by atoms with Crippen molar-refractivity contribution < 1.29 is 28.6 Å². The van der Waals surface area contributed by atoms with Gasteiger partial charge in [-0.1, -0.05) is 223 Å². The predicted molar refractivity (Wildman–Crippen MR) is 283 cm³/mol. The maximum Gasteiger partial charge on any atom is 0.306 e. The van der Waals surface area contributed by atoms with Crippen LogP contribution in [0.4, 0.5) is 0 Å². The molecule has 0 saturated carbocycles. The highest BCUT2D eigenvalue weighted by molar-refractivity contribution is 5.71. The molecule has 0 radical (unpaired) electrons. The first kappa shape index (κ1) is 60.8. The van der Waals surface area contributed by atoms with Crippen molar-refractivity contribution in [2.45, 2.75) is 175 Å². The van der Waals surface area contributed by atoms with E-state index >= 15 is 0 Å². The normalized spacial score (nSPS) is 13.6. The second-order valence-corrected chi connectivity index (χ2v) is 15.8. The summed E-state index contributed by atoms with van der Waals surface area (Å²) in [6, 6.07) is 0. The monoisotopic (exact) mass is 905 g/mol. The van der Waals surface area contributed by atoms with Gasteiger partial charge in [-0.05, 0) is 96.3 Å². The van der Waals surface area contributed by atoms with E-state index in [2.05, 4.69) is 112 Å². The first-order chi connectivity index (χ1) is 32.5. The number of hydrogen-bond donors (Lipinski definition) is 0. The minimum atomic E-state index is -0.832. The molecule has 0 saturated heterocycles. The minimum absolute atomic E-state index is 0.126. The van der Waals surface area contributed by atoms with Crippen LogP contribution in [0.1, 0.15) is 168 Å². The second kappa shape index (κ2) is 52.4. The van der Waals surface area contributed by atoms with Crippen LogP contribution in [-0.4, -0.2) is 37.2 Å². The molecule has 1 unspecified atom stereocenters. The Morgan fingerprint density at radius 2 is 0.621 bits per heavy atom. The molecule has 0 rings (SSSR count). The van der Waals surface area contributed by atoms with Crippen LogP contribution >= 0.6 is 0 Å². The Labute approximate surface area is 402 Å². The molecule has 0 spiro atoms. The number of allylic oxidation sites excluding steroid dienone is 28. The van der Waals surface area contributed by atoms with Gasteiger partial charge in [-0.15, -0.1) is 0 Å². The van der Waals surface area contributed by atoms with Gasteiger partial charge in [-0.3, -0.25) is 14.4 Å². The molecule has 0 aromatic carbocycles. The van der Waals surface area contributed by atoms with Crippen LogP contribution in [0.3, 0.4) is 0 Å². The van der Waals surface area contributed by atoms with E-state index in [-0.39, 0.29) is 44.0 Å². The summed E-state index contributed by atoms with van der Waals surface area (Å²) in [7, 11) is 0. The van der Waals surface area contributed by atoms with E-state index in [4.69, 9.17) is 14.2 Å². The molecule has 6 heteroatoms. The van der Waals surface area contributed by atoms with Crippen LogP contribution in [0, 0.1) is 0 Å². The van der Waals surface area contributed by atoms with Crippen LogP contribution < -0.4 is 0 Å². The van der Waals surface area contributed by atoms with Gasteiger partial charge in [-0.2, -0.15) is 0 Å². The molecule has 0 fully saturated rings. The topological polar surface area (TPSA) is 78.9 Å². The Morgan fingerprint density at radius 3 is 1.05 bits per heavy atom. The molecule has 66 heavy (non-hydrogen) atoms. The quantitative estimate of drug-likeness (QED) is 0.0200. The van der Waals surface area contributed by atoms with Crippen LogP contribution in [0.25, 0.3) is 0 Å². The van der Waals surface area contributed by atoms with Crippen molar-refractivity contribution in [3.8, 4) is 0 Å². The molecule has 0 aliphatic carbocycles. The third-order valence-electron chi connectivity index (χ3n) is 9.70. The lowest BCUT2D eigenvalue weighted by molar-refractivity contribution is -0.167. The third kappa shape index (κ3) is 49.8. The Kier molecular flexibility index (Phi) is 48.2. The lowest BCUT2D eigenvalue weighted by Gasteiger charge is -2.18. The van der Waals surface area contributed by atoms with Crippen LogP contribution in [0.15, 0.2) is 170 Å². The summed E-state index contributed by atoms with van der Waals surface area (Å²) in [5.74, 6) is -1.04. The van der Waals surface area contributed by atoms with Crippen molar-refractivity contribution in [1.29, 1.82) is 0 Å². The number of esters is 3. The summed E-state index contributed by atoms with van der Waals surface area (Å²) in [5.41, 5.74) is 0. The van der Waals surface area contributed by atoms with E-state index in [0.717, 1.165) is 116 Å². The number of rotatable bonds is 42. The first-order valence-corrected chi connectivity index (χ1v) is 25.3. The smallest absolute Gasteiger partial charge is 0.306 e. The zero-order chi connectivity index (χ0) is 47.9. The molecule has 0 amide bonds. The fourth-order valence-corrected chi connectivity index (χ4v) is 6.00. The molecule has 364 valence electrons. The Bertz CT molecular complexity index is 1600. The van der Waals surface area contributed by atoms with Crippen molar-refractivity contribution in [2.75, 3.05) is 13.2 Å². The highest BCUT2D eigenvalue weighted by Crippen LogP contribution is 2.11. The van der Waals surface area contributed by atoms with E-state index in [1.807, 2.05) is 79.0 Å². The average molecular weight is 905 g/mol. The van der Waals surface area contributed by atoms with E-state index in [1.165, 1.54) is 0 Å². The van der Waals surface area contributed by atoms with Gasteiger partial charge < -0.3 is 14.2 Å². The van der Waals surface area contributed by atoms with Gasteiger partial charge in [0, 0.05) is 19.3 Å². The molecule has 0 N–H and O–H groups in total. The number of unbranched alkanes of at least 4 members (excludes halogenated alkanes) is 11. The Balaban J connectivity index is 4.62. The average Bonchev–Trinajstić information content (AvgIpc) is 3.31. The number of carbonyl (C=O) groups excluding carboxylic acids is 3. The van der Waals surface area contributed by atoms with Crippen LogP contribution in [0.2, 0.25) is 0 Å². The number of carbonyl (C=O) groups is 3. The van der Waals surface area contributed by atoms with E-state index in [1.54, 1.807) is 0 Å². The predicted octanol–water partition coefficient (Wildman–Crippen LogP) is 16.8. The fourth-order valence-electron chi connectivity index (χ4n) is 6.00. The summed E-state index contributed by atoms with van der Waals surface area (Å²) in [4.78, 5) is 38.0. The van der Waals surface area contributed by atoms with Crippen molar-refractivity contribution >= 4 is 17.9 Å². The SMILES string of the molecule is CC\C=C/C=C\C=C/C=C\C=C\C=C/C=C\CCCCCC(=O)OCC(COC(=O)CCCCCCC\C=C/C=C\C=C/CC)OC(=O)CCCCC/C=C\C/C=C\C/C=C\C/C=C\CC. The molecule has 0 aromatic rings. The van der Waals surface area contributed by atoms with Crippen LogP contribution in [0.5, 0.6) is 0 Å². The molecular formula is C60H88O6. The van der Waals surface area contributed by atoms with Gasteiger partial charge in [0.25, 0.3) is 0 Å². The summed E-state index contributed by atoms with van der Waals surface area (Å²) in [6.45, 7) is 6.12. The fraction of sp³-hybridized carbons (Fsp3) is 0.483. The summed E-state index contributed by atoms with van der Waals surface area (Å²) in [5, 5.41) is 0. The highest BCUT2D eigenvalue weighted by atomic mass is 16.6. The molecule has 0 heterocycles. The Morgan fingerprint density at radius 1 is 0.318 bits per heavy atom. The molecule has 1 atom stereocenters. The standard InChI is InChI=1S/C60H88O6/c1-4-7-10-13-16-19-22-25-27-29-30-31-33-35-38-41-44-47-50-53-59(62)65-56-57(55-64-58(61)52-49-46-43-40-37-34-24-21-18-15-12-9-6-3)66-60(63)54-51-48-45-42-39-36-32-28-26-23-20-17-14-11-8-5-2/h7-13,15-22,24-31,33,35-36,38-39,57H,4-6,14,23,32,34,37,40-56H2,1-3H3/b10-7-,11-8-,12-9-,16-13-,18-15-,20-17-,22-19-,24-21-,27-25-,28-26-,30-29+,33-31-,38-35-,39-36-. The number of ether oxygens (including phenoxy) is 3. The van der Waals surface area contributed by atoms with Gasteiger partial charge in [0.05, 0.1) is 0 Å². The zero-order valence-corrected chi connectivity index (χ0v) is 41.4.